The van der Waals surface area contributed by atoms with Crippen LogP contribution in [0.2, 0.25) is 0 Å². The van der Waals surface area contributed by atoms with E-state index < -0.39 is 21.9 Å². The van der Waals surface area contributed by atoms with E-state index in [1.807, 2.05) is 0 Å². The van der Waals surface area contributed by atoms with Gasteiger partial charge in [-0.3, -0.25) is 4.79 Å². The summed E-state index contributed by atoms with van der Waals surface area (Å²) in [5, 5.41) is 2.78. The molecule has 1 aliphatic heterocycles. The van der Waals surface area contributed by atoms with Gasteiger partial charge < -0.3 is 14.8 Å². The van der Waals surface area contributed by atoms with E-state index in [-0.39, 0.29) is 25.7 Å². The van der Waals surface area contributed by atoms with Crippen molar-refractivity contribution in [3.63, 3.8) is 0 Å². The summed E-state index contributed by atoms with van der Waals surface area (Å²) in [4.78, 5) is 23.8. The second kappa shape index (κ2) is 9.00. The Balaban J connectivity index is 1.94. The molecule has 1 aliphatic rings. The molecule has 0 saturated carbocycles. The maximum absolute atomic E-state index is 12.5. The number of benzene rings is 1. The van der Waals surface area contributed by atoms with Gasteiger partial charge in [-0.05, 0) is 31.9 Å². The number of anilines is 1. The second-order valence-corrected chi connectivity index (χ2v) is 8.05. The topological polar surface area (TPSA) is 102 Å². The summed E-state index contributed by atoms with van der Waals surface area (Å²) in [5.41, 5.74) is 0.521. The first-order chi connectivity index (χ1) is 12.3. The molecule has 1 N–H and O–H groups in total. The van der Waals surface area contributed by atoms with Crippen LogP contribution in [0.25, 0.3) is 0 Å². The van der Waals surface area contributed by atoms with Crippen LogP contribution in [0.4, 0.5) is 5.69 Å². The van der Waals surface area contributed by atoms with Crippen LogP contribution in [0, 0.1) is 5.92 Å². The first kappa shape index (κ1) is 20.2. The quantitative estimate of drug-likeness (QED) is 0.710. The molecule has 9 heteroatoms. The number of nitrogens with zero attached hydrogens (tertiary/aromatic N) is 1. The van der Waals surface area contributed by atoms with Gasteiger partial charge in [-0.1, -0.05) is 6.07 Å². The van der Waals surface area contributed by atoms with Crippen LogP contribution in [-0.4, -0.2) is 57.2 Å². The minimum atomic E-state index is -3.30. The molecule has 1 aromatic rings. The van der Waals surface area contributed by atoms with E-state index in [0.717, 1.165) is 6.26 Å². The molecule has 26 heavy (non-hydrogen) atoms. The third-order valence-electron chi connectivity index (χ3n) is 3.99. The Labute approximate surface area is 153 Å². The lowest BCUT2D eigenvalue weighted by Crippen LogP contribution is -2.43. The number of rotatable bonds is 7. The Morgan fingerprint density at radius 1 is 1.35 bits per heavy atom. The molecule has 0 aromatic heterocycles. The van der Waals surface area contributed by atoms with Gasteiger partial charge in [-0.15, -0.1) is 0 Å². The minimum absolute atomic E-state index is 0.184. The summed E-state index contributed by atoms with van der Waals surface area (Å²) >= 11 is 0. The van der Waals surface area contributed by atoms with Crippen LogP contribution in [-0.2, 0) is 24.3 Å². The minimum Gasteiger partial charge on any atom is -0.482 e. The number of sulfonamides is 1. The number of amides is 1. The molecule has 1 aromatic carbocycles. The highest BCUT2D eigenvalue weighted by molar-refractivity contribution is 7.88. The Kier molecular flexibility index (Phi) is 6.98. The summed E-state index contributed by atoms with van der Waals surface area (Å²) in [6.45, 7) is 2.41. The van der Waals surface area contributed by atoms with Crippen LogP contribution < -0.4 is 10.1 Å². The molecule has 0 aliphatic carbocycles. The standard InChI is InChI=1S/C17H24N2O6S/c1-3-24-16(20)12-25-15-8-4-7-14(10-15)18-17(21)13-6-5-9-19(11-13)26(2,22)23/h4,7-8,10,13H,3,5-6,9,11-12H2,1-2H3,(H,18,21). The molecule has 1 atom stereocenters. The fourth-order valence-electron chi connectivity index (χ4n) is 2.71. The second-order valence-electron chi connectivity index (χ2n) is 6.07. The van der Waals surface area contributed by atoms with E-state index in [1.54, 1.807) is 31.2 Å². The van der Waals surface area contributed by atoms with Crippen molar-refractivity contribution in [2.75, 3.05) is 37.9 Å². The lowest BCUT2D eigenvalue weighted by molar-refractivity contribution is -0.145. The fraction of sp³-hybridized carbons (Fsp3) is 0.529. The smallest absolute Gasteiger partial charge is 0.344 e. The van der Waals surface area contributed by atoms with E-state index >= 15 is 0 Å². The Morgan fingerprint density at radius 3 is 2.81 bits per heavy atom. The summed E-state index contributed by atoms with van der Waals surface area (Å²) in [6.07, 6.45) is 2.43. The third-order valence-corrected chi connectivity index (χ3v) is 5.26. The maximum atomic E-state index is 12.5. The molecule has 8 nitrogen and oxygen atoms in total. The molecule has 2 rings (SSSR count). The van der Waals surface area contributed by atoms with Crippen molar-refractivity contribution < 1.29 is 27.5 Å². The molecule has 0 bridgehead atoms. The van der Waals surface area contributed by atoms with E-state index in [1.165, 1.54) is 4.31 Å². The predicted octanol–water partition coefficient (Wildman–Crippen LogP) is 1.24. The van der Waals surface area contributed by atoms with Crippen LogP contribution in [0.15, 0.2) is 24.3 Å². The van der Waals surface area contributed by atoms with E-state index in [0.29, 0.717) is 30.8 Å². The molecule has 1 amide bonds. The van der Waals surface area contributed by atoms with Gasteiger partial charge in [0.2, 0.25) is 15.9 Å². The zero-order chi connectivity index (χ0) is 19.2. The fourth-order valence-corrected chi connectivity index (χ4v) is 3.62. The van der Waals surface area contributed by atoms with Gasteiger partial charge in [-0.2, -0.15) is 0 Å². The molecule has 1 saturated heterocycles. The summed E-state index contributed by atoms with van der Waals surface area (Å²) in [5.74, 6) is -0.675. The average Bonchev–Trinajstić information content (AvgIpc) is 2.60. The monoisotopic (exact) mass is 384 g/mol. The lowest BCUT2D eigenvalue weighted by Gasteiger charge is -2.30. The molecule has 1 unspecified atom stereocenters. The van der Waals surface area contributed by atoms with Crippen molar-refractivity contribution in [1.82, 2.24) is 4.31 Å². The van der Waals surface area contributed by atoms with Crippen molar-refractivity contribution in [3.8, 4) is 5.75 Å². The van der Waals surface area contributed by atoms with Gasteiger partial charge in [-0.25, -0.2) is 17.5 Å². The highest BCUT2D eigenvalue weighted by atomic mass is 32.2. The molecular formula is C17H24N2O6S. The van der Waals surface area contributed by atoms with Gasteiger partial charge in [0.15, 0.2) is 6.61 Å². The number of esters is 1. The third kappa shape index (κ3) is 5.99. The average molecular weight is 384 g/mol. The van der Waals surface area contributed by atoms with Gasteiger partial charge in [0, 0.05) is 24.8 Å². The lowest BCUT2D eigenvalue weighted by atomic mass is 9.98. The van der Waals surface area contributed by atoms with Gasteiger partial charge in [0.05, 0.1) is 18.8 Å². The Morgan fingerprint density at radius 2 is 2.12 bits per heavy atom. The SMILES string of the molecule is CCOC(=O)COc1cccc(NC(=O)C2CCCN(S(C)(=O)=O)C2)c1. The summed E-state index contributed by atoms with van der Waals surface area (Å²) in [7, 11) is -3.30. The Hall–Kier alpha value is -2.13. The van der Waals surface area contributed by atoms with E-state index in [9.17, 15) is 18.0 Å². The number of hydrogen-bond acceptors (Lipinski definition) is 6. The van der Waals surface area contributed by atoms with Gasteiger partial charge >= 0.3 is 5.97 Å². The number of nitrogens with one attached hydrogen (secondary N) is 1. The molecular weight excluding hydrogens is 360 g/mol. The molecule has 144 valence electrons. The largest absolute Gasteiger partial charge is 0.482 e. The normalized spacial score (nSPS) is 18.2. The van der Waals surface area contributed by atoms with E-state index in [2.05, 4.69) is 5.32 Å². The molecule has 1 fully saturated rings. The van der Waals surface area contributed by atoms with Crippen LogP contribution in [0.1, 0.15) is 19.8 Å². The number of ether oxygens (including phenoxy) is 2. The summed E-state index contributed by atoms with van der Waals surface area (Å²) < 4.78 is 34.8. The highest BCUT2D eigenvalue weighted by Crippen LogP contribution is 2.22. The van der Waals surface area contributed by atoms with Crippen molar-refractivity contribution in [2.24, 2.45) is 5.92 Å². The first-order valence-corrected chi connectivity index (χ1v) is 10.3. The van der Waals surface area contributed by atoms with Crippen LogP contribution >= 0.6 is 0 Å². The summed E-state index contributed by atoms with van der Waals surface area (Å²) in [6, 6.07) is 6.67. The maximum Gasteiger partial charge on any atom is 0.344 e. The zero-order valence-electron chi connectivity index (χ0n) is 14.9. The van der Waals surface area contributed by atoms with Crippen molar-refractivity contribution in [2.45, 2.75) is 19.8 Å². The first-order valence-electron chi connectivity index (χ1n) is 8.44. The Bertz CT molecular complexity index is 749. The van der Waals surface area contributed by atoms with Gasteiger partial charge in [0.1, 0.15) is 5.75 Å². The number of carbonyl (C=O) groups excluding carboxylic acids is 2. The van der Waals surface area contributed by atoms with Crippen molar-refractivity contribution in [1.29, 1.82) is 0 Å². The van der Waals surface area contributed by atoms with Crippen LogP contribution in [0.5, 0.6) is 5.75 Å². The number of hydrogen-bond donors (Lipinski definition) is 1. The molecule has 0 radical (unpaired) electrons. The van der Waals surface area contributed by atoms with Gasteiger partial charge in [0.25, 0.3) is 0 Å². The van der Waals surface area contributed by atoms with Crippen molar-refractivity contribution in [3.05, 3.63) is 24.3 Å². The van der Waals surface area contributed by atoms with Crippen LogP contribution in [0.3, 0.4) is 0 Å². The zero-order valence-corrected chi connectivity index (χ0v) is 15.8. The highest BCUT2D eigenvalue weighted by Gasteiger charge is 2.30. The van der Waals surface area contributed by atoms with E-state index in [4.69, 9.17) is 9.47 Å². The number of piperidine rings is 1. The molecule has 0 spiro atoms. The molecule has 1 heterocycles. The predicted molar refractivity (Wildman–Crippen MR) is 96.3 cm³/mol. The van der Waals surface area contributed by atoms with Crippen molar-refractivity contribution >= 4 is 27.6 Å². The number of carbonyl (C=O) groups is 2.